The molecule has 0 radical (unpaired) electrons. The van der Waals surface area contributed by atoms with Crippen LogP contribution in [0.5, 0.6) is 5.75 Å². The first kappa shape index (κ1) is 20.0. The van der Waals surface area contributed by atoms with Gasteiger partial charge in [-0.3, -0.25) is 9.59 Å². The van der Waals surface area contributed by atoms with E-state index in [4.69, 9.17) is 9.47 Å². The largest absolute Gasteiger partial charge is 0.489 e. The summed E-state index contributed by atoms with van der Waals surface area (Å²) in [5.41, 5.74) is 2.49. The molecule has 2 heterocycles. The van der Waals surface area contributed by atoms with Crippen LogP contribution in [0.4, 0.5) is 0 Å². The third-order valence-corrected chi connectivity index (χ3v) is 5.58. The van der Waals surface area contributed by atoms with Crippen LogP contribution in [0.2, 0.25) is 0 Å². The van der Waals surface area contributed by atoms with Gasteiger partial charge >= 0.3 is 5.97 Å². The van der Waals surface area contributed by atoms with Crippen molar-refractivity contribution >= 4 is 22.8 Å². The summed E-state index contributed by atoms with van der Waals surface area (Å²) in [6.45, 7) is 4.55. The van der Waals surface area contributed by atoms with Crippen molar-refractivity contribution in [2.24, 2.45) is 5.92 Å². The molecular formula is C24H26N2O4. The topological polar surface area (TPSA) is 80.4 Å². The predicted octanol–water partition coefficient (Wildman–Crippen LogP) is 3.75. The van der Waals surface area contributed by atoms with Gasteiger partial charge in [0.1, 0.15) is 18.0 Å². The molecule has 1 fully saturated rings. The van der Waals surface area contributed by atoms with Gasteiger partial charge in [0.2, 0.25) is 5.91 Å². The van der Waals surface area contributed by atoms with E-state index in [9.17, 15) is 9.59 Å². The van der Waals surface area contributed by atoms with Gasteiger partial charge in [0.15, 0.2) is 0 Å². The van der Waals surface area contributed by atoms with Gasteiger partial charge in [-0.1, -0.05) is 30.3 Å². The van der Waals surface area contributed by atoms with Gasteiger partial charge in [0, 0.05) is 23.6 Å². The first-order valence-electron chi connectivity index (χ1n) is 10.2. The summed E-state index contributed by atoms with van der Waals surface area (Å²) < 4.78 is 11.2. The first-order valence-corrected chi connectivity index (χ1v) is 10.2. The second-order valence-corrected chi connectivity index (χ2v) is 8.17. The second kappa shape index (κ2) is 8.22. The molecule has 1 aliphatic rings. The number of amides is 1. The zero-order valence-corrected chi connectivity index (χ0v) is 17.2. The lowest BCUT2D eigenvalue weighted by molar-refractivity contribution is -0.147. The fourth-order valence-corrected chi connectivity index (χ4v) is 3.87. The monoisotopic (exact) mass is 406 g/mol. The van der Waals surface area contributed by atoms with E-state index >= 15 is 0 Å². The molecule has 2 N–H and O–H groups in total. The molecule has 0 spiro atoms. The summed E-state index contributed by atoms with van der Waals surface area (Å²) in [7, 11) is 0. The molecule has 1 amide bonds. The Labute approximate surface area is 175 Å². The van der Waals surface area contributed by atoms with Gasteiger partial charge in [-0.25, -0.2) is 0 Å². The molecule has 1 saturated heterocycles. The number of benzene rings is 2. The fourth-order valence-electron chi connectivity index (χ4n) is 3.87. The first-order chi connectivity index (χ1) is 14.4. The minimum Gasteiger partial charge on any atom is -0.489 e. The third kappa shape index (κ3) is 4.32. The Morgan fingerprint density at radius 3 is 2.77 bits per heavy atom. The number of carbonyl (C=O) groups excluding carboxylic acids is 2. The molecule has 6 heteroatoms. The second-order valence-electron chi connectivity index (χ2n) is 8.17. The van der Waals surface area contributed by atoms with Crippen LogP contribution in [0.3, 0.4) is 0 Å². The van der Waals surface area contributed by atoms with Crippen LogP contribution in [0, 0.1) is 5.92 Å². The molecular weight excluding hydrogens is 380 g/mol. The van der Waals surface area contributed by atoms with Crippen LogP contribution in [0.1, 0.15) is 31.4 Å². The number of aromatic amines is 1. The van der Waals surface area contributed by atoms with Crippen LogP contribution in [-0.2, 0) is 27.4 Å². The zero-order chi connectivity index (χ0) is 21.1. The number of cyclic esters (lactones) is 1. The van der Waals surface area contributed by atoms with E-state index < -0.39 is 11.5 Å². The smallest absolute Gasteiger partial charge is 0.307 e. The summed E-state index contributed by atoms with van der Waals surface area (Å²) in [5, 5.41) is 4.03. The zero-order valence-electron chi connectivity index (χ0n) is 17.2. The van der Waals surface area contributed by atoms with Gasteiger partial charge in [-0.05, 0) is 49.6 Å². The van der Waals surface area contributed by atoms with Crippen molar-refractivity contribution in [3.8, 4) is 5.75 Å². The SMILES string of the molecule is CC1(C)OC(=O)C[C@H]1C(=O)NCCc1c[nH]c2ccc(OCc3ccccc3)cc12. The van der Waals surface area contributed by atoms with Crippen LogP contribution in [-0.4, -0.2) is 29.0 Å². The highest BCUT2D eigenvalue weighted by Crippen LogP contribution is 2.32. The normalized spacial score (nSPS) is 17.7. The summed E-state index contributed by atoms with van der Waals surface area (Å²) in [6.07, 6.45) is 2.77. The van der Waals surface area contributed by atoms with E-state index in [1.165, 1.54) is 0 Å². The number of ether oxygens (including phenoxy) is 2. The van der Waals surface area contributed by atoms with E-state index in [0.717, 1.165) is 27.8 Å². The number of esters is 1. The summed E-state index contributed by atoms with van der Waals surface area (Å²) in [6, 6.07) is 16.0. The van der Waals surface area contributed by atoms with E-state index in [1.807, 2.05) is 54.7 Å². The molecule has 1 atom stereocenters. The van der Waals surface area contributed by atoms with Crippen LogP contribution >= 0.6 is 0 Å². The number of rotatable bonds is 7. The molecule has 3 aromatic rings. The van der Waals surface area contributed by atoms with E-state index in [1.54, 1.807) is 13.8 Å². The van der Waals surface area contributed by atoms with E-state index in [2.05, 4.69) is 10.3 Å². The molecule has 1 aromatic heterocycles. The lowest BCUT2D eigenvalue weighted by atomic mass is 9.90. The number of hydrogen-bond acceptors (Lipinski definition) is 4. The van der Waals surface area contributed by atoms with E-state index in [0.29, 0.717) is 19.6 Å². The van der Waals surface area contributed by atoms with Crippen molar-refractivity contribution in [2.45, 2.75) is 38.9 Å². The molecule has 0 aliphatic carbocycles. The molecule has 2 aromatic carbocycles. The Hall–Kier alpha value is -3.28. The number of fused-ring (bicyclic) bond motifs is 1. The van der Waals surface area contributed by atoms with Gasteiger partial charge in [0.05, 0.1) is 12.3 Å². The average Bonchev–Trinajstić information content (AvgIpc) is 3.25. The van der Waals surface area contributed by atoms with Crippen molar-refractivity contribution in [2.75, 3.05) is 6.54 Å². The average molecular weight is 406 g/mol. The Balaban J connectivity index is 1.37. The van der Waals surface area contributed by atoms with Gasteiger partial charge < -0.3 is 19.8 Å². The molecule has 4 rings (SSSR count). The van der Waals surface area contributed by atoms with Crippen molar-refractivity contribution < 1.29 is 19.1 Å². The van der Waals surface area contributed by atoms with Crippen molar-refractivity contribution in [1.82, 2.24) is 10.3 Å². The van der Waals surface area contributed by atoms with Crippen molar-refractivity contribution in [3.63, 3.8) is 0 Å². The number of nitrogens with one attached hydrogen (secondary N) is 2. The van der Waals surface area contributed by atoms with Gasteiger partial charge in [-0.15, -0.1) is 0 Å². The Kier molecular flexibility index (Phi) is 5.48. The van der Waals surface area contributed by atoms with Crippen LogP contribution in [0.15, 0.2) is 54.7 Å². The number of carbonyl (C=O) groups is 2. The minimum atomic E-state index is -0.757. The molecule has 156 valence electrons. The lowest BCUT2D eigenvalue weighted by Gasteiger charge is -2.23. The van der Waals surface area contributed by atoms with Crippen LogP contribution in [0.25, 0.3) is 10.9 Å². The highest BCUT2D eigenvalue weighted by Gasteiger charge is 2.45. The Bertz CT molecular complexity index is 1060. The molecule has 1 aliphatic heterocycles. The number of hydrogen-bond donors (Lipinski definition) is 2. The molecule has 30 heavy (non-hydrogen) atoms. The van der Waals surface area contributed by atoms with Crippen molar-refractivity contribution in [3.05, 3.63) is 65.9 Å². The summed E-state index contributed by atoms with van der Waals surface area (Å²) in [5.74, 6) is -0.108. The number of aromatic nitrogens is 1. The van der Waals surface area contributed by atoms with Crippen molar-refractivity contribution in [1.29, 1.82) is 0 Å². The quantitative estimate of drug-likeness (QED) is 0.586. The standard InChI is InChI=1S/C24H26N2O4/c1-24(2)20(13-22(27)30-24)23(28)25-11-10-17-14-26-21-9-8-18(12-19(17)21)29-15-16-6-4-3-5-7-16/h3-9,12,14,20,26H,10-11,13,15H2,1-2H3,(H,25,28)/t20-/m0/s1. The third-order valence-electron chi connectivity index (χ3n) is 5.58. The summed E-state index contributed by atoms with van der Waals surface area (Å²) >= 11 is 0. The Morgan fingerprint density at radius 1 is 1.23 bits per heavy atom. The molecule has 0 unspecified atom stereocenters. The van der Waals surface area contributed by atoms with Gasteiger partial charge in [-0.2, -0.15) is 0 Å². The van der Waals surface area contributed by atoms with Crippen LogP contribution < -0.4 is 10.1 Å². The molecule has 0 saturated carbocycles. The predicted molar refractivity (Wildman–Crippen MR) is 114 cm³/mol. The molecule has 0 bridgehead atoms. The van der Waals surface area contributed by atoms with Gasteiger partial charge in [0.25, 0.3) is 0 Å². The maximum Gasteiger partial charge on any atom is 0.307 e. The fraction of sp³-hybridized carbons (Fsp3) is 0.333. The maximum absolute atomic E-state index is 12.5. The number of H-pyrrole nitrogens is 1. The molecule has 6 nitrogen and oxygen atoms in total. The highest BCUT2D eigenvalue weighted by molar-refractivity contribution is 5.88. The Morgan fingerprint density at radius 2 is 2.03 bits per heavy atom. The maximum atomic E-state index is 12.5. The highest BCUT2D eigenvalue weighted by atomic mass is 16.6. The summed E-state index contributed by atoms with van der Waals surface area (Å²) in [4.78, 5) is 27.3. The van der Waals surface area contributed by atoms with E-state index in [-0.39, 0.29) is 18.3 Å². The minimum absolute atomic E-state index is 0.133. The lowest BCUT2D eigenvalue weighted by Crippen LogP contribution is -2.41.